The van der Waals surface area contributed by atoms with E-state index in [9.17, 15) is 9.59 Å². The number of rotatable bonds is 5. The van der Waals surface area contributed by atoms with Gasteiger partial charge in [-0.25, -0.2) is 4.79 Å². The molecular weight excluding hydrogens is 360 g/mol. The van der Waals surface area contributed by atoms with Crippen molar-refractivity contribution in [1.82, 2.24) is 20.8 Å². The Morgan fingerprint density at radius 1 is 1.27 bits per heavy atom. The third-order valence-electron chi connectivity index (χ3n) is 5.13. The van der Waals surface area contributed by atoms with Gasteiger partial charge in [0.05, 0.1) is 11.5 Å². The normalized spacial score (nSPS) is 27.0. The van der Waals surface area contributed by atoms with Crippen molar-refractivity contribution >= 4 is 23.6 Å². The van der Waals surface area contributed by atoms with Crippen molar-refractivity contribution in [3.8, 4) is 11.5 Å². The molecule has 2 bridgehead atoms. The number of halogens is 1. The Morgan fingerprint density at radius 3 is 2.54 bits per heavy atom. The van der Waals surface area contributed by atoms with Crippen LogP contribution in [0.5, 0.6) is 0 Å². The minimum absolute atomic E-state index is 0.341. The van der Waals surface area contributed by atoms with Gasteiger partial charge >= 0.3 is 12.0 Å². The van der Waals surface area contributed by atoms with Crippen LogP contribution in [0, 0.1) is 5.41 Å². The number of nitrogens with zero attached hydrogens (tertiary/aromatic N) is 2. The lowest BCUT2D eigenvalue weighted by molar-refractivity contribution is -0.196. The molecule has 5 rings (SSSR count). The Hall–Kier alpha value is -2.61. The van der Waals surface area contributed by atoms with Crippen LogP contribution in [-0.4, -0.2) is 32.8 Å². The smallest absolute Gasteiger partial charge is 0.315 e. The standard InChI is InChI=1S/C17H17ClN4O4/c1-9(12-20-13(26-22-12)10-2-4-11(18)5-3-10)19-15(25)21-17-6-16(7-17,8-17)14(23)24/h2-5,9H,6-8H2,1H3,(H,23,24)(H2,19,21,25). The zero-order valence-electron chi connectivity index (χ0n) is 14.0. The number of nitrogens with one attached hydrogen (secondary N) is 2. The summed E-state index contributed by atoms with van der Waals surface area (Å²) in [5.74, 6) is -0.0882. The number of aromatic nitrogens is 2. The van der Waals surface area contributed by atoms with Crippen LogP contribution in [0.15, 0.2) is 28.8 Å². The Labute approximate surface area is 153 Å². The van der Waals surface area contributed by atoms with Gasteiger partial charge in [-0.05, 0) is 50.5 Å². The zero-order chi connectivity index (χ0) is 18.5. The Morgan fingerprint density at radius 2 is 1.92 bits per heavy atom. The van der Waals surface area contributed by atoms with Crippen LogP contribution in [-0.2, 0) is 4.79 Å². The first-order valence-corrected chi connectivity index (χ1v) is 8.60. The monoisotopic (exact) mass is 376 g/mol. The average Bonchev–Trinajstić information content (AvgIpc) is 2.99. The van der Waals surface area contributed by atoms with Gasteiger partial charge in [0, 0.05) is 16.1 Å². The second kappa shape index (κ2) is 5.70. The molecule has 1 heterocycles. The first-order valence-electron chi connectivity index (χ1n) is 8.23. The Kier molecular flexibility index (Phi) is 3.69. The average molecular weight is 377 g/mol. The fourth-order valence-electron chi connectivity index (χ4n) is 3.81. The van der Waals surface area contributed by atoms with Crippen LogP contribution in [0.2, 0.25) is 5.02 Å². The van der Waals surface area contributed by atoms with Crippen molar-refractivity contribution in [2.75, 3.05) is 0 Å². The summed E-state index contributed by atoms with van der Waals surface area (Å²) in [6.45, 7) is 1.75. The molecule has 2 amide bonds. The molecule has 136 valence electrons. The van der Waals surface area contributed by atoms with Gasteiger partial charge in [0.1, 0.15) is 0 Å². The summed E-state index contributed by atoms with van der Waals surface area (Å²) in [6.07, 6.45) is 1.46. The van der Waals surface area contributed by atoms with Gasteiger partial charge in [-0.1, -0.05) is 16.8 Å². The third kappa shape index (κ3) is 2.70. The number of carboxylic acid groups (broad SMARTS) is 1. The highest BCUT2D eigenvalue weighted by atomic mass is 35.5. The maximum Gasteiger partial charge on any atom is 0.315 e. The molecule has 0 aliphatic heterocycles. The highest BCUT2D eigenvalue weighted by Crippen LogP contribution is 2.67. The third-order valence-corrected chi connectivity index (χ3v) is 5.38. The van der Waals surface area contributed by atoms with E-state index in [2.05, 4.69) is 20.8 Å². The van der Waals surface area contributed by atoms with E-state index in [1.165, 1.54) is 0 Å². The molecule has 1 aromatic carbocycles. The van der Waals surface area contributed by atoms with Crippen molar-refractivity contribution in [2.24, 2.45) is 5.41 Å². The number of hydrogen-bond acceptors (Lipinski definition) is 5. The van der Waals surface area contributed by atoms with E-state index in [0.717, 1.165) is 5.56 Å². The first kappa shape index (κ1) is 16.8. The van der Waals surface area contributed by atoms with E-state index in [-0.39, 0.29) is 11.6 Å². The molecule has 3 fully saturated rings. The number of amides is 2. The van der Waals surface area contributed by atoms with Crippen LogP contribution < -0.4 is 10.6 Å². The highest BCUT2D eigenvalue weighted by Gasteiger charge is 2.72. The Balaban J connectivity index is 1.34. The molecule has 0 saturated heterocycles. The number of carbonyl (C=O) groups excluding carboxylic acids is 1. The lowest BCUT2D eigenvalue weighted by atomic mass is 9.39. The van der Waals surface area contributed by atoms with Gasteiger partial charge in [-0.2, -0.15) is 4.98 Å². The van der Waals surface area contributed by atoms with Crippen LogP contribution in [0.25, 0.3) is 11.5 Å². The zero-order valence-corrected chi connectivity index (χ0v) is 14.7. The summed E-state index contributed by atoms with van der Waals surface area (Å²) < 4.78 is 5.23. The Bertz CT molecular complexity index is 859. The quantitative estimate of drug-likeness (QED) is 0.738. The molecule has 3 aliphatic rings. The summed E-state index contributed by atoms with van der Waals surface area (Å²) >= 11 is 5.86. The topological polar surface area (TPSA) is 117 Å². The predicted octanol–water partition coefficient (Wildman–Crippen LogP) is 2.76. The van der Waals surface area contributed by atoms with E-state index in [1.54, 1.807) is 31.2 Å². The van der Waals surface area contributed by atoms with Crippen LogP contribution in [0.3, 0.4) is 0 Å². The number of carbonyl (C=O) groups is 2. The van der Waals surface area contributed by atoms with Gasteiger partial charge in [0.15, 0.2) is 5.82 Å². The molecule has 1 aromatic heterocycles. The van der Waals surface area contributed by atoms with Crippen LogP contribution in [0.1, 0.15) is 38.1 Å². The van der Waals surface area contributed by atoms with Crippen molar-refractivity contribution in [3.05, 3.63) is 35.1 Å². The summed E-state index contributed by atoms with van der Waals surface area (Å²) in [5, 5.41) is 19.3. The van der Waals surface area contributed by atoms with Crippen molar-refractivity contribution in [2.45, 2.75) is 37.8 Å². The largest absolute Gasteiger partial charge is 0.481 e. The lowest BCUT2D eigenvalue weighted by Gasteiger charge is -2.67. The minimum atomic E-state index is -0.781. The van der Waals surface area contributed by atoms with E-state index in [0.29, 0.717) is 36.0 Å². The van der Waals surface area contributed by atoms with Gasteiger partial charge in [-0.3, -0.25) is 4.79 Å². The lowest BCUT2D eigenvalue weighted by Crippen LogP contribution is -2.77. The fourth-order valence-corrected chi connectivity index (χ4v) is 3.93. The van der Waals surface area contributed by atoms with Gasteiger partial charge in [-0.15, -0.1) is 0 Å². The number of urea groups is 1. The summed E-state index contributed by atoms with van der Waals surface area (Å²) in [4.78, 5) is 27.6. The van der Waals surface area contributed by atoms with E-state index < -0.39 is 17.4 Å². The maximum absolute atomic E-state index is 12.2. The molecule has 3 N–H and O–H groups in total. The summed E-state index contributed by atoms with van der Waals surface area (Å²) in [5.41, 5.74) is -0.272. The van der Waals surface area contributed by atoms with Gasteiger partial charge in [0.25, 0.3) is 5.89 Å². The summed E-state index contributed by atoms with van der Waals surface area (Å²) in [7, 11) is 0. The van der Waals surface area contributed by atoms with Gasteiger partial charge < -0.3 is 20.3 Å². The van der Waals surface area contributed by atoms with E-state index >= 15 is 0 Å². The second-order valence-corrected chi connectivity index (χ2v) is 7.62. The molecule has 2 aromatic rings. The number of carboxylic acids is 1. The SMILES string of the molecule is CC(NC(=O)NC12CC(C(=O)O)(C1)C2)c1noc(-c2ccc(Cl)cc2)n1. The predicted molar refractivity (Wildman–Crippen MR) is 91.5 cm³/mol. The minimum Gasteiger partial charge on any atom is -0.481 e. The van der Waals surface area contributed by atoms with Crippen LogP contribution in [0.4, 0.5) is 4.79 Å². The van der Waals surface area contributed by atoms with Crippen LogP contribution >= 0.6 is 11.6 Å². The number of hydrogen-bond donors (Lipinski definition) is 3. The molecular formula is C17H17ClN4O4. The molecule has 3 aliphatic carbocycles. The van der Waals surface area contributed by atoms with Gasteiger partial charge in [0.2, 0.25) is 0 Å². The fraction of sp³-hybridized carbons (Fsp3) is 0.412. The molecule has 0 radical (unpaired) electrons. The maximum atomic E-state index is 12.2. The van der Waals surface area contributed by atoms with E-state index in [4.69, 9.17) is 21.2 Å². The first-order chi connectivity index (χ1) is 12.3. The number of aliphatic carboxylic acids is 1. The molecule has 8 nitrogen and oxygen atoms in total. The highest BCUT2D eigenvalue weighted by molar-refractivity contribution is 6.30. The molecule has 9 heteroatoms. The van der Waals surface area contributed by atoms with E-state index in [1.807, 2.05) is 0 Å². The molecule has 0 spiro atoms. The van der Waals surface area contributed by atoms with Crippen molar-refractivity contribution < 1.29 is 19.2 Å². The molecule has 1 atom stereocenters. The van der Waals surface area contributed by atoms with Crippen molar-refractivity contribution in [1.29, 1.82) is 0 Å². The molecule has 26 heavy (non-hydrogen) atoms. The molecule has 1 unspecified atom stereocenters. The number of benzene rings is 1. The van der Waals surface area contributed by atoms with Crippen molar-refractivity contribution in [3.63, 3.8) is 0 Å². The second-order valence-electron chi connectivity index (χ2n) is 7.18. The summed E-state index contributed by atoms with van der Waals surface area (Å²) in [6, 6.07) is 6.17. The molecule has 3 saturated carbocycles.